The molecule has 0 bridgehead atoms. The number of sulfone groups is 1. The Hall–Kier alpha value is -0.360. The van der Waals surface area contributed by atoms with Crippen molar-refractivity contribution in [2.24, 2.45) is 0 Å². The van der Waals surface area contributed by atoms with E-state index in [2.05, 4.69) is 5.32 Å². The van der Waals surface area contributed by atoms with E-state index >= 15 is 0 Å². The molecule has 6 heteroatoms. The quantitative estimate of drug-likeness (QED) is 0.923. The van der Waals surface area contributed by atoms with E-state index < -0.39 is 9.84 Å². The summed E-state index contributed by atoms with van der Waals surface area (Å²) in [6.45, 7) is 2.00. The Labute approximate surface area is 104 Å². The third-order valence-electron chi connectivity index (χ3n) is 2.48. The van der Waals surface area contributed by atoms with E-state index in [1.165, 1.54) is 16.7 Å². The Kier molecular flexibility index (Phi) is 3.39. The van der Waals surface area contributed by atoms with Crippen LogP contribution in [0.15, 0.2) is 22.9 Å². The second kappa shape index (κ2) is 4.49. The first-order chi connectivity index (χ1) is 7.46. The van der Waals surface area contributed by atoms with Gasteiger partial charge in [-0.15, -0.1) is 11.3 Å². The fourth-order valence-corrected chi connectivity index (χ4v) is 3.88. The molecule has 0 saturated heterocycles. The lowest BCUT2D eigenvalue weighted by atomic mass is 10.1. The van der Waals surface area contributed by atoms with Gasteiger partial charge in [-0.1, -0.05) is 17.7 Å². The maximum absolute atomic E-state index is 11.2. The lowest BCUT2D eigenvalue weighted by Gasteiger charge is -2.16. The SMILES string of the molecule is CC(NC1C=CS(=O)(=O)C1)c1csc(Cl)c1. The van der Waals surface area contributed by atoms with Gasteiger partial charge in [0, 0.05) is 17.5 Å². The highest BCUT2D eigenvalue weighted by Crippen LogP contribution is 2.25. The summed E-state index contributed by atoms with van der Waals surface area (Å²) in [6, 6.07) is 1.90. The summed E-state index contributed by atoms with van der Waals surface area (Å²) in [4.78, 5) is 0. The number of thiophene rings is 1. The van der Waals surface area contributed by atoms with E-state index in [0.717, 1.165) is 9.90 Å². The van der Waals surface area contributed by atoms with Crippen molar-refractivity contribution < 1.29 is 8.42 Å². The standard InChI is InChI=1S/C10H12ClNO2S2/c1-7(8-4-10(11)15-5-8)12-9-2-3-16(13,14)6-9/h2-5,7,9,12H,6H2,1H3. The molecule has 88 valence electrons. The molecule has 1 N–H and O–H groups in total. The van der Waals surface area contributed by atoms with Crippen molar-refractivity contribution in [3.8, 4) is 0 Å². The Balaban J connectivity index is 1.99. The van der Waals surface area contributed by atoms with Gasteiger partial charge in [-0.05, 0) is 23.9 Å². The first kappa shape index (κ1) is 12.1. The first-order valence-electron chi connectivity index (χ1n) is 4.87. The Morgan fingerprint density at radius 2 is 2.38 bits per heavy atom. The molecule has 2 heterocycles. The second-order valence-corrected chi connectivity index (χ2v) is 7.31. The van der Waals surface area contributed by atoms with Crippen LogP contribution in [0.25, 0.3) is 0 Å². The maximum Gasteiger partial charge on any atom is 0.173 e. The van der Waals surface area contributed by atoms with Crippen LogP contribution in [0.4, 0.5) is 0 Å². The zero-order valence-corrected chi connectivity index (χ0v) is 11.1. The van der Waals surface area contributed by atoms with E-state index in [1.807, 2.05) is 18.4 Å². The lowest BCUT2D eigenvalue weighted by molar-refractivity contribution is 0.536. The predicted octanol–water partition coefficient (Wildman–Crippen LogP) is 2.36. The van der Waals surface area contributed by atoms with Crippen LogP contribution in [-0.4, -0.2) is 20.2 Å². The van der Waals surface area contributed by atoms with Gasteiger partial charge in [-0.3, -0.25) is 0 Å². The largest absolute Gasteiger partial charge is 0.303 e. The molecule has 1 aromatic rings. The van der Waals surface area contributed by atoms with Crippen molar-refractivity contribution in [2.45, 2.75) is 19.0 Å². The zero-order valence-electron chi connectivity index (χ0n) is 8.68. The Bertz CT molecular complexity index is 507. The summed E-state index contributed by atoms with van der Waals surface area (Å²) in [5.41, 5.74) is 1.09. The fourth-order valence-electron chi connectivity index (χ4n) is 1.65. The van der Waals surface area contributed by atoms with Crippen LogP contribution >= 0.6 is 22.9 Å². The average molecular weight is 278 g/mol. The predicted molar refractivity (Wildman–Crippen MR) is 67.6 cm³/mol. The molecule has 1 aromatic heterocycles. The highest BCUT2D eigenvalue weighted by atomic mass is 35.5. The summed E-state index contributed by atoms with van der Waals surface area (Å²) in [7, 11) is -2.98. The molecule has 16 heavy (non-hydrogen) atoms. The molecule has 0 radical (unpaired) electrons. The Morgan fingerprint density at radius 1 is 1.62 bits per heavy atom. The van der Waals surface area contributed by atoms with Crippen LogP contribution < -0.4 is 5.32 Å². The number of nitrogens with one attached hydrogen (secondary N) is 1. The molecule has 2 unspecified atom stereocenters. The number of hydrogen-bond acceptors (Lipinski definition) is 4. The van der Waals surface area contributed by atoms with Gasteiger partial charge in [0.05, 0.1) is 10.1 Å². The first-order valence-corrected chi connectivity index (χ1v) is 7.84. The molecule has 2 rings (SSSR count). The molecular weight excluding hydrogens is 266 g/mol. The molecule has 0 amide bonds. The maximum atomic E-state index is 11.2. The molecule has 3 nitrogen and oxygen atoms in total. The monoisotopic (exact) mass is 277 g/mol. The van der Waals surface area contributed by atoms with Crippen molar-refractivity contribution in [1.29, 1.82) is 0 Å². The van der Waals surface area contributed by atoms with Gasteiger partial charge in [0.1, 0.15) is 0 Å². The summed E-state index contributed by atoms with van der Waals surface area (Å²) in [6.07, 6.45) is 1.69. The summed E-state index contributed by atoms with van der Waals surface area (Å²) < 4.78 is 23.2. The molecule has 1 aliphatic rings. The lowest BCUT2D eigenvalue weighted by Crippen LogP contribution is -2.32. The minimum Gasteiger partial charge on any atom is -0.303 e. The second-order valence-electron chi connectivity index (χ2n) is 3.84. The number of rotatable bonds is 3. The van der Waals surface area contributed by atoms with Gasteiger partial charge in [-0.2, -0.15) is 0 Å². The molecule has 0 spiro atoms. The van der Waals surface area contributed by atoms with E-state index in [0.29, 0.717) is 0 Å². The third kappa shape index (κ3) is 2.85. The van der Waals surface area contributed by atoms with Gasteiger partial charge < -0.3 is 5.32 Å². The van der Waals surface area contributed by atoms with Crippen molar-refractivity contribution in [1.82, 2.24) is 5.32 Å². The van der Waals surface area contributed by atoms with Crippen molar-refractivity contribution in [3.63, 3.8) is 0 Å². The van der Waals surface area contributed by atoms with Crippen molar-refractivity contribution >= 4 is 32.8 Å². The smallest absolute Gasteiger partial charge is 0.173 e. The number of halogens is 1. The van der Waals surface area contributed by atoms with Crippen molar-refractivity contribution in [3.05, 3.63) is 32.8 Å². The van der Waals surface area contributed by atoms with Gasteiger partial charge >= 0.3 is 0 Å². The molecule has 0 aromatic carbocycles. The van der Waals surface area contributed by atoms with E-state index in [-0.39, 0.29) is 17.8 Å². The molecule has 0 fully saturated rings. The zero-order chi connectivity index (χ0) is 11.8. The normalized spacial score (nSPS) is 24.8. The molecular formula is C10H12ClNO2S2. The van der Waals surface area contributed by atoms with Gasteiger partial charge in [0.15, 0.2) is 9.84 Å². The fraction of sp³-hybridized carbons (Fsp3) is 0.400. The van der Waals surface area contributed by atoms with Crippen LogP contribution in [-0.2, 0) is 9.84 Å². The third-order valence-corrected chi connectivity index (χ3v) is 4.99. The van der Waals surface area contributed by atoms with Crippen LogP contribution in [0.1, 0.15) is 18.5 Å². The van der Waals surface area contributed by atoms with E-state index in [9.17, 15) is 8.42 Å². The minimum atomic E-state index is -2.98. The van der Waals surface area contributed by atoms with Gasteiger partial charge in [0.2, 0.25) is 0 Å². The van der Waals surface area contributed by atoms with Crippen LogP contribution in [0.3, 0.4) is 0 Å². The highest BCUT2D eigenvalue weighted by molar-refractivity contribution is 7.94. The van der Waals surface area contributed by atoms with E-state index in [4.69, 9.17) is 11.6 Å². The van der Waals surface area contributed by atoms with Gasteiger partial charge in [-0.25, -0.2) is 8.42 Å². The summed E-state index contributed by atoms with van der Waals surface area (Å²) in [5, 5.41) is 6.50. The summed E-state index contributed by atoms with van der Waals surface area (Å²) in [5.74, 6) is 0.148. The van der Waals surface area contributed by atoms with Crippen LogP contribution in [0.5, 0.6) is 0 Å². The average Bonchev–Trinajstić information content (AvgIpc) is 2.73. The molecule has 0 aliphatic carbocycles. The minimum absolute atomic E-state index is 0.0984. The van der Waals surface area contributed by atoms with Crippen LogP contribution in [0, 0.1) is 0 Å². The summed E-state index contributed by atoms with van der Waals surface area (Å²) >= 11 is 7.33. The number of hydrogen-bond donors (Lipinski definition) is 1. The van der Waals surface area contributed by atoms with Gasteiger partial charge in [0.25, 0.3) is 0 Å². The Morgan fingerprint density at radius 3 is 2.88 bits per heavy atom. The highest BCUT2D eigenvalue weighted by Gasteiger charge is 2.23. The van der Waals surface area contributed by atoms with Crippen LogP contribution in [0.2, 0.25) is 4.34 Å². The topological polar surface area (TPSA) is 46.2 Å². The molecule has 0 saturated carbocycles. The molecule has 2 atom stereocenters. The molecule has 1 aliphatic heterocycles. The van der Waals surface area contributed by atoms with Crippen molar-refractivity contribution in [2.75, 3.05) is 5.75 Å². The van der Waals surface area contributed by atoms with E-state index in [1.54, 1.807) is 6.08 Å².